The van der Waals surface area contributed by atoms with Crippen LogP contribution >= 0.6 is 0 Å². The van der Waals surface area contributed by atoms with Crippen LogP contribution in [0.25, 0.3) is 0 Å². The minimum Gasteiger partial charge on any atom is -0.457 e. The first-order valence-electron chi connectivity index (χ1n) is 4.70. The third-order valence-electron chi connectivity index (χ3n) is 2.13. The van der Waals surface area contributed by atoms with Crippen molar-refractivity contribution in [3.05, 3.63) is 48.3 Å². The van der Waals surface area contributed by atoms with E-state index in [2.05, 4.69) is 4.98 Å². The van der Waals surface area contributed by atoms with E-state index in [1.54, 1.807) is 12.4 Å². The fourth-order valence-corrected chi connectivity index (χ4v) is 1.25. The summed E-state index contributed by atoms with van der Waals surface area (Å²) >= 11 is 0. The van der Waals surface area contributed by atoms with Crippen LogP contribution < -0.4 is 10.5 Å². The van der Waals surface area contributed by atoms with E-state index in [4.69, 9.17) is 10.5 Å². The Hall–Kier alpha value is -2.03. The summed E-state index contributed by atoms with van der Waals surface area (Å²) in [5.74, 6) is 1.56. The Morgan fingerprint density at radius 2 is 1.80 bits per heavy atom. The van der Waals surface area contributed by atoms with E-state index >= 15 is 0 Å². The zero-order valence-corrected chi connectivity index (χ0v) is 8.47. The molecule has 0 fully saturated rings. The molecule has 0 saturated carbocycles. The van der Waals surface area contributed by atoms with E-state index < -0.39 is 0 Å². The van der Waals surface area contributed by atoms with E-state index in [9.17, 15) is 0 Å². The zero-order valence-electron chi connectivity index (χ0n) is 8.47. The highest BCUT2D eigenvalue weighted by Crippen LogP contribution is 2.23. The summed E-state index contributed by atoms with van der Waals surface area (Å²) < 4.78 is 5.62. The molecule has 0 amide bonds. The van der Waals surface area contributed by atoms with Gasteiger partial charge in [0.1, 0.15) is 11.5 Å². The standard InChI is InChI=1S/C12H12N2O/c1-9-8-11(2-3-12(9)13)15-10-4-6-14-7-5-10/h2-8H,13H2,1H3. The third-order valence-corrected chi connectivity index (χ3v) is 2.13. The summed E-state index contributed by atoms with van der Waals surface area (Å²) in [7, 11) is 0. The SMILES string of the molecule is Cc1cc(Oc2ccncc2)ccc1N. The van der Waals surface area contributed by atoms with E-state index in [1.165, 1.54) is 0 Å². The summed E-state index contributed by atoms with van der Waals surface area (Å²) in [5, 5.41) is 0. The maximum absolute atomic E-state index is 5.72. The van der Waals surface area contributed by atoms with Gasteiger partial charge in [0.2, 0.25) is 0 Å². The first-order valence-corrected chi connectivity index (χ1v) is 4.70. The van der Waals surface area contributed by atoms with Crippen molar-refractivity contribution in [2.24, 2.45) is 0 Å². The Kier molecular flexibility index (Phi) is 2.54. The predicted octanol–water partition coefficient (Wildman–Crippen LogP) is 2.76. The number of pyridine rings is 1. The lowest BCUT2D eigenvalue weighted by Gasteiger charge is -2.07. The summed E-state index contributed by atoms with van der Waals surface area (Å²) in [5.41, 5.74) is 7.51. The van der Waals surface area contributed by atoms with E-state index in [0.717, 1.165) is 22.7 Å². The molecule has 0 aliphatic rings. The average Bonchev–Trinajstić information content (AvgIpc) is 2.25. The molecule has 1 aromatic heterocycles. The van der Waals surface area contributed by atoms with Crippen LogP contribution in [0.4, 0.5) is 5.69 Å². The zero-order chi connectivity index (χ0) is 10.7. The summed E-state index contributed by atoms with van der Waals surface area (Å²) in [6.45, 7) is 1.95. The average molecular weight is 200 g/mol. The molecule has 0 unspecified atom stereocenters. The Bertz CT molecular complexity index is 454. The number of aromatic nitrogens is 1. The van der Waals surface area contributed by atoms with Crippen LogP contribution in [0, 0.1) is 6.92 Å². The lowest BCUT2D eigenvalue weighted by molar-refractivity contribution is 0.481. The van der Waals surface area contributed by atoms with Gasteiger partial charge in [-0.2, -0.15) is 0 Å². The topological polar surface area (TPSA) is 48.1 Å². The second kappa shape index (κ2) is 4.00. The fourth-order valence-electron chi connectivity index (χ4n) is 1.25. The highest BCUT2D eigenvalue weighted by Gasteiger charge is 1.98. The van der Waals surface area contributed by atoms with Crippen LogP contribution in [0.5, 0.6) is 11.5 Å². The molecular weight excluding hydrogens is 188 g/mol. The number of benzene rings is 1. The van der Waals surface area contributed by atoms with Gasteiger partial charge < -0.3 is 10.5 Å². The van der Waals surface area contributed by atoms with Gasteiger partial charge in [-0.3, -0.25) is 4.98 Å². The first-order chi connectivity index (χ1) is 7.25. The van der Waals surface area contributed by atoms with E-state index in [1.807, 2.05) is 37.3 Å². The lowest BCUT2D eigenvalue weighted by Crippen LogP contribution is -1.90. The predicted molar refractivity (Wildman–Crippen MR) is 59.9 cm³/mol. The third kappa shape index (κ3) is 2.26. The molecular formula is C12H12N2O. The fraction of sp³-hybridized carbons (Fsp3) is 0.0833. The maximum atomic E-state index is 5.72. The van der Waals surface area contributed by atoms with Crippen LogP contribution in [0.2, 0.25) is 0 Å². The van der Waals surface area contributed by atoms with Gasteiger partial charge in [0.05, 0.1) is 0 Å². The number of nitrogens with two attached hydrogens (primary N) is 1. The number of nitrogen functional groups attached to an aromatic ring is 1. The second-order valence-electron chi connectivity index (χ2n) is 3.30. The van der Waals surface area contributed by atoms with Gasteiger partial charge in [0.25, 0.3) is 0 Å². The quantitative estimate of drug-likeness (QED) is 0.758. The molecule has 15 heavy (non-hydrogen) atoms. The minimum atomic E-state index is 0.772. The molecule has 2 N–H and O–H groups in total. The molecule has 1 aromatic carbocycles. The molecule has 0 bridgehead atoms. The largest absolute Gasteiger partial charge is 0.457 e. The van der Waals surface area contributed by atoms with Crippen molar-refractivity contribution >= 4 is 5.69 Å². The van der Waals surface area contributed by atoms with Crippen molar-refractivity contribution in [1.82, 2.24) is 4.98 Å². The summed E-state index contributed by atoms with van der Waals surface area (Å²) in [6, 6.07) is 9.22. The number of nitrogens with zero attached hydrogens (tertiary/aromatic N) is 1. The van der Waals surface area contributed by atoms with Gasteiger partial charge in [0, 0.05) is 18.1 Å². The van der Waals surface area contributed by atoms with Gasteiger partial charge in [-0.1, -0.05) is 0 Å². The van der Waals surface area contributed by atoms with Crippen molar-refractivity contribution in [1.29, 1.82) is 0 Å². The Morgan fingerprint density at radius 3 is 2.47 bits per heavy atom. The van der Waals surface area contributed by atoms with Crippen molar-refractivity contribution in [2.75, 3.05) is 5.73 Å². The number of ether oxygens (including phenoxy) is 1. The monoisotopic (exact) mass is 200 g/mol. The number of hydrogen-bond acceptors (Lipinski definition) is 3. The van der Waals surface area contributed by atoms with Gasteiger partial charge in [-0.15, -0.1) is 0 Å². The minimum absolute atomic E-state index is 0.772. The molecule has 3 heteroatoms. The maximum Gasteiger partial charge on any atom is 0.130 e. The molecule has 1 heterocycles. The molecule has 0 saturated heterocycles. The van der Waals surface area contributed by atoms with Crippen LogP contribution in [0.1, 0.15) is 5.56 Å². The number of rotatable bonds is 2. The molecule has 0 atom stereocenters. The van der Waals surface area contributed by atoms with Gasteiger partial charge in [-0.25, -0.2) is 0 Å². The molecule has 2 aromatic rings. The summed E-state index contributed by atoms with van der Waals surface area (Å²) in [6.07, 6.45) is 3.39. The Morgan fingerprint density at radius 1 is 1.07 bits per heavy atom. The van der Waals surface area contributed by atoms with Crippen molar-refractivity contribution < 1.29 is 4.74 Å². The highest BCUT2D eigenvalue weighted by atomic mass is 16.5. The van der Waals surface area contributed by atoms with Crippen molar-refractivity contribution in [3.63, 3.8) is 0 Å². The van der Waals surface area contributed by atoms with Gasteiger partial charge in [-0.05, 0) is 42.8 Å². The normalized spacial score (nSPS) is 9.93. The van der Waals surface area contributed by atoms with E-state index in [0.29, 0.717) is 0 Å². The molecule has 0 spiro atoms. The molecule has 0 radical (unpaired) electrons. The Labute approximate surface area is 88.5 Å². The molecule has 76 valence electrons. The van der Waals surface area contributed by atoms with Crippen molar-refractivity contribution in [3.8, 4) is 11.5 Å². The van der Waals surface area contributed by atoms with Crippen LogP contribution in [0.3, 0.4) is 0 Å². The highest BCUT2D eigenvalue weighted by molar-refractivity contribution is 5.50. The Balaban J connectivity index is 2.22. The van der Waals surface area contributed by atoms with Gasteiger partial charge in [0.15, 0.2) is 0 Å². The number of anilines is 1. The smallest absolute Gasteiger partial charge is 0.130 e. The molecule has 0 aliphatic carbocycles. The van der Waals surface area contributed by atoms with Gasteiger partial charge >= 0.3 is 0 Å². The second-order valence-corrected chi connectivity index (χ2v) is 3.30. The van der Waals surface area contributed by atoms with Crippen LogP contribution in [0.15, 0.2) is 42.7 Å². The van der Waals surface area contributed by atoms with Crippen molar-refractivity contribution in [2.45, 2.75) is 6.92 Å². The number of aryl methyl sites for hydroxylation is 1. The molecule has 0 aliphatic heterocycles. The lowest BCUT2D eigenvalue weighted by atomic mass is 10.2. The molecule has 2 rings (SSSR count). The number of hydrogen-bond donors (Lipinski definition) is 1. The van der Waals surface area contributed by atoms with Crippen LogP contribution in [-0.2, 0) is 0 Å². The summed E-state index contributed by atoms with van der Waals surface area (Å²) in [4.78, 5) is 3.92. The van der Waals surface area contributed by atoms with Crippen LogP contribution in [-0.4, -0.2) is 4.98 Å². The van der Waals surface area contributed by atoms with E-state index in [-0.39, 0.29) is 0 Å². The molecule has 3 nitrogen and oxygen atoms in total. The first kappa shape index (κ1) is 9.52.